The first-order chi connectivity index (χ1) is 22.8. The molecule has 0 saturated carbocycles. The Labute approximate surface area is 284 Å². The quantitative estimate of drug-likeness (QED) is 0.170. The maximum Gasteiger partial charge on any atom is 0.219 e. The van der Waals surface area contributed by atoms with Crippen LogP contribution in [0.2, 0.25) is 18.1 Å². The summed E-state index contributed by atoms with van der Waals surface area (Å²) in [6.45, 7) is 15.4. The van der Waals surface area contributed by atoms with Crippen LogP contribution in [0.1, 0.15) is 46.1 Å². The highest BCUT2D eigenvalue weighted by Gasteiger charge is 2.37. The van der Waals surface area contributed by atoms with Gasteiger partial charge in [-0.1, -0.05) is 45.0 Å². The van der Waals surface area contributed by atoms with Gasteiger partial charge in [-0.25, -0.2) is 15.0 Å². The fourth-order valence-corrected chi connectivity index (χ4v) is 6.96. The normalized spacial score (nSPS) is 14.4. The van der Waals surface area contributed by atoms with Crippen molar-refractivity contribution in [2.45, 2.75) is 71.3 Å². The summed E-state index contributed by atoms with van der Waals surface area (Å²) in [6.07, 6.45) is 3.59. The number of nitrogens with zero attached hydrogens (tertiary/aromatic N) is 6. The van der Waals surface area contributed by atoms with E-state index >= 15 is 0 Å². The van der Waals surface area contributed by atoms with Crippen LogP contribution in [0.3, 0.4) is 0 Å². The number of amides is 1. The van der Waals surface area contributed by atoms with Crippen LogP contribution in [-0.2, 0) is 15.8 Å². The van der Waals surface area contributed by atoms with Crippen LogP contribution >= 0.6 is 0 Å². The number of carbonyl (C=O) groups is 1. The smallest absolute Gasteiger partial charge is 0.219 e. The lowest BCUT2D eigenvalue weighted by Gasteiger charge is -2.37. The molecule has 4 heterocycles. The van der Waals surface area contributed by atoms with Crippen molar-refractivity contribution in [2.24, 2.45) is 0 Å². The van der Waals surface area contributed by atoms with Gasteiger partial charge in [-0.15, -0.1) is 0 Å². The molecule has 1 saturated heterocycles. The molecule has 48 heavy (non-hydrogen) atoms. The molecule has 2 N–H and O–H groups in total. The first-order valence-corrected chi connectivity index (χ1v) is 19.7. The second-order valence-corrected chi connectivity index (χ2v) is 19.2. The SMILES string of the molecule is CC(=O)N(C)C1CCN(c2cccc(-c3ccc4nc(-c5cccnc5N)n(-c5ccc(CO[Si](C)(C)C(C)(C)C)cc5)c4n3)c2)CC1. The second kappa shape index (κ2) is 13.2. The predicted octanol–water partition coefficient (Wildman–Crippen LogP) is 7.70. The number of hydrogen-bond donors (Lipinski definition) is 1. The van der Waals surface area contributed by atoms with Gasteiger partial charge < -0.3 is 20.0 Å². The Morgan fingerprint density at radius 3 is 2.38 bits per heavy atom. The molecule has 0 spiro atoms. The van der Waals surface area contributed by atoms with Crippen molar-refractivity contribution in [1.82, 2.24) is 24.4 Å². The molecular weight excluding hydrogens is 615 g/mol. The van der Waals surface area contributed by atoms with Gasteiger partial charge in [-0.2, -0.15) is 0 Å². The zero-order chi connectivity index (χ0) is 34.2. The summed E-state index contributed by atoms with van der Waals surface area (Å²) in [7, 11) is 0.0264. The molecule has 1 amide bonds. The number of nitrogen functional groups attached to an aromatic ring is 1. The minimum Gasteiger partial charge on any atom is -0.413 e. The first-order valence-electron chi connectivity index (χ1n) is 16.7. The minimum atomic E-state index is -1.88. The summed E-state index contributed by atoms with van der Waals surface area (Å²) in [6, 6.07) is 25.2. The van der Waals surface area contributed by atoms with Crippen LogP contribution in [-0.4, -0.2) is 64.8 Å². The molecule has 0 aliphatic carbocycles. The Kier molecular flexibility index (Phi) is 9.15. The largest absolute Gasteiger partial charge is 0.413 e. The molecule has 1 fully saturated rings. The third-order valence-corrected chi connectivity index (χ3v) is 14.7. The Hall–Kier alpha value is -4.54. The van der Waals surface area contributed by atoms with E-state index in [1.807, 2.05) is 36.2 Å². The van der Waals surface area contributed by atoms with Crippen molar-refractivity contribution >= 4 is 36.9 Å². The zero-order valence-corrected chi connectivity index (χ0v) is 30.2. The fourth-order valence-electron chi connectivity index (χ4n) is 6.00. The van der Waals surface area contributed by atoms with Crippen molar-refractivity contribution in [1.29, 1.82) is 0 Å². The number of carbonyl (C=O) groups excluding carboxylic acids is 1. The number of pyridine rings is 2. The molecule has 3 aromatic heterocycles. The summed E-state index contributed by atoms with van der Waals surface area (Å²) in [4.78, 5) is 30.8. The summed E-state index contributed by atoms with van der Waals surface area (Å²) in [5.74, 6) is 1.23. The zero-order valence-electron chi connectivity index (χ0n) is 29.2. The van der Waals surface area contributed by atoms with E-state index in [4.69, 9.17) is 20.1 Å². The molecule has 250 valence electrons. The fraction of sp³-hybridized carbons (Fsp3) is 0.368. The average Bonchev–Trinajstić information content (AvgIpc) is 3.45. The van der Waals surface area contributed by atoms with E-state index in [2.05, 4.69) is 96.8 Å². The molecule has 0 unspecified atom stereocenters. The number of anilines is 2. The number of hydrogen-bond acceptors (Lipinski definition) is 7. The number of benzene rings is 2. The van der Waals surface area contributed by atoms with Crippen molar-refractivity contribution in [3.05, 3.63) is 84.6 Å². The third kappa shape index (κ3) is 6.72. The summed E-state index contributed by atoms with van der Waals surface area (Å²) in [5, 5.41) is 0.147. The molecular formula is C38H47N7O2Si. The van der Waals surface area contributed by atoms with Crippen molar-refractivity contribution in [3.63, 3.8) is 0 Å². The molecule has 5 aromatic rings. The topological polar surface area (TPSA) is 102 Å². The van der Waals surface area contributed by atoms with E-state index in [-0.39, 0.29) is 17.0 Å². The van der Waals surface area contributed by atoms with Crippen molar-refractivity contribution < 1.29 is 9.22 Å². The second-order valence-electron chi connectivity index (χ2n) is 14.4. The van der Waals surface area contributed by atoms with E-state index in [0.29, 0.717) is 18.2 Å². The number of rotatable bonds is 8. The van der Waals surface area contributed by atoms with Gasteiger partial charge in [0.15, 0.2) is 19.8 Å². The highest BCUT2D eigenvalue weighted by Crippen LogP contribution is 2.37. The first kappa shape index (κ1) is 33.4. The lowest BCUT2D eigenvalue weighted by Crippen LogP contribution is -2.45. The van der Waals surface area contributed by atoms with Crippen molar-refractivity contribution in [3.8, 4) is 28.3 Å². The molecule has 9 nitrogen and oxygen atoms in total. The number of aromatic nitrogens is 4. The average molecular weight is 662 g/mol. The Morgan fingerprint density at radius 1 is 0.979 bits per heavy atom. The standard InChI is InChI=1S/C38H47N7O2Si/c1-26(46)43(5)29-19-22-44(23-20-29)31-11-8-10-28(24-31)33-17-18-34-37(41-33)45(36(42-34)32-12-9-21-40-35(32)39)30-15-13-27(14-16-30)25-47-48(6,7)38(2,3)4/h8-18,21,24,29H,19-20,22-23,25H2,1-7H3,(H2,39,40). The van der Waals surface area contributed by atoms with E-state index in [0.717, 1.165) is 70.9 Å². The van der Waals surface area contributed by atoms with E-state index in [9.17, 15) is 4.79 Å². The molecule has 0 atom stereocenters. The number of imidazole rings is 1. The van der Waals surface area contributed by atoms with Crippen LogP contribution in [0, 0.1) is 0 Å². The molecule has 0 radical (unpaired) electrons. The highest BCUT2D eigenvalue weighted by molar-refractivity contribution is 6.74. The molecule has 0 bridgehead atoms. The van der Waals surface area contributed by atoms with Crippen LogP contribution in [0.25, 0.3) is 39.5 Å². The number of nitrogens with two attached hydrogens (primary N) is 1. The van der Waals surface area contributed by atoms with Crippen LogP contribution in [0.15, 0.2) is 79.0 Å². The Balaban J connectivity index is 1.34. The van der Waals surface area contributed by atoms with Crippen LogP contribution in [0.5, 0.6) is 0 Å². The van der Waals surface area contributed by atoms with Gasteiger partial charge in [0.25, 0.3) is 0 Å². The minimum absolute atomic E-state index is 0.122. The van der Waals surface area contributed by atoms with Crippen molar-refractivity contribution in [2.75, 3.05) is 30.8 Å². The van der Waals surface area contributed by atoms with E-state index < -0.39 is 8.32 Å². The van der Waals surface area contributed by atoms with Gasteiger partial charge in [-0.05, 0) is 85.1 Å². The van der Waals surface area contributed by atoms with Gasteiger partial charge in [0.1, 0.15) is 11.3 Å². The molecule has 10 heteroatoms. The number of piperidine rings is 1. The highest BCUT2D eigenvalue weighted by atomic mass is 28.4. The summed E-state index contributed by atoms with van der Waals surface area (Å²) >= 11 is 0. The Bertz CT molecular complexity index is 1920. The lowest BCUT2D eigenvalue weighted by atomic mass is 10.0. The summed E-state index contributed by atoms with van der Waals surface area (Å²) < 4.78 is 8.57. The number of fused-ring (bicyclic) bond motifs is 1. The van der Waals surface area contributed by atoms with Crippen LogP contribution < -0.4 is 10.6 Å². The van der Waals surface area contributed by atoms with E-state index in [1.165, 1.54) is 0 Å². The molecule has 1 aliphatic rings. The van der Waals surface area contributed by atoms with Crippen LogP contribution in [0.4, 0.5) is 11.5 Å². The van der Waals surface area contributed by atoms with Gasteiger partial charge in [0.05, 0.1) is 17.9 Å². The molecule has 2 aromatic carbocycles. The lowest BCUT2D eigenvalue weighted by molar-refractivity contribution is -0.129. The maximum atomic E-state index is 11.9. The Morgan fingerprint density at radius 2 is 1.71 bits per heavy atom. The van der Waals surface area contributed by atoms with E-state index in [1.54, 1.807) is 13.1 Å². The van der Waals surface area contributed by atoms with Gasteiger partial charge >= 0.3 is 0 Å². The monoisotopic (exact) mass is 661 g/mol. The van der Waals surface area contributed by atoms with Gasteiger partial charge in [-0.3, -0.25) is 9.36 Å². The van der Waals surface area contributed by atoms with Gasteiger partial charge in [0.2, 0.25) is 5.91 Å². The predicted molar refractivity (Wildman–Crippen MR) is 198 cm³/mol. The third-order valence-electron chi connectivity index (χ3n) is 10.2. The summed E-state index contributed by atoms with van der Waals surface area (Å²) in [5.41, 5.74) is 13.8. The van der Waals surface area contributed by atoms with Gasteiger partial charge in [0, 0.05) is 56.2 Å². The molecule has 1 aliphatic heterocycles. The maximum absolute atomic E-state index is 11.9. The molecule has 6 rings (SSSR count).